The van der Waals surface area contributed by atoms with Crippen LogP contribution >= 0.6 is 11.8 Å². The number of thioether (sulfide) groups is 1. The highest BCUT2D eigenvalue weighted by Gasteiger charge is 2.29. The summed E-state index contributed by atoms with van der Waals surface area (Å²) < 4.78 is 2.08. The number of imidazole rings is 1. The fraction of sp³-hybridized carbons (Fsp3) is 0.562. The standard InChI is InChI=1S/C16H22N4O2S/c1-12-16-17-13(9-14(21)18-5-3-4-6-18)10-19(16)7-8-20(12)15(22)11-23-2/h3-4,10,12H,5-9,11H2,1-2H3/t12-/m0/s1. The van der Waals surface area contributed by atoms with Gasteiger partial charge in [0.05, 0.1) is 23.9 Å². The Hall–Kier alpha value is -1.76. The lowest BCUT2D eigenvalue weighted by Gasteiger charge is -2.33. The van der Waals surface area contributed by atoms with Crippen LogP contribution in [0.15, 0.2) is 18.3 Å². The SMILES string of the molecule is CSCC(=O)N1CCn2cc(CC(=O)N3CC=CC3)nc2[C@@H]1C. The minimum absolute atomic E-state index is 0.0410. The van der Waals surface area contributed by atoms with Crippen molar-refractivity contribution >= 4 is 23.6 Å². The van der Waals surface area contributed by atoms with Crippen LogP contribution in [0.25, 0.3) is 0 Å². The van der Waals surface area contributed by atoms with Gasteiger partial charge in [-0.25, -0.2) is 4.98 Å². The molecule has 1 atom stereocenters. The van der Waals surface area contributed by atoms with Crippen LogP contribution < -0.4 is 0 Å². The van der Waals surface area contributed by atoms with Gasteiger partial charge in [-0.3, -0.25) is 9.59 Å². The molecule has 1 aromatic rings. The van der Waals surface area contributed by atoms with E-state index in [1.807, 2.05) is 41.3 Å². The van der Waals surface area contributed by atoms with Gasteiger partial charge in [0, 0.05) is 32.4 Å². The topological polar surface area (TPSA) is 58.4 Å². The van der Waals surface area contributed by atoms with Crippen LogP contribution in [0.3, 0.4) is 0 Å². The number of carbonyl (C=O) groups excluding carboxylic acids is 2. The third-order valence-electron chi connectivity index (χ3n) is 4.37. The summed E-state index contributed by atoms with van der Waals surface area (Å²) in [5.41, 5.74) is 0.794. The average Bonchev–Trinajstić information content (AvgIpc) is 3.16. The van der Waals surface area contributed by atoms with E-state index in [0.29, 0.717) is 31.8 Å². The summed E-state index contributed by atoms with van der Waals surface area (Å²) in [6, 6.07) is -0.0410. The molecule has 0 N–H and O–H groups in total. The van der Waals surface area contributed by atoms with Gasteiger partial charge in [-0.05, 0) is 13.2 Å². The monoisotopic (exact) mass is 334 g/mol. The summed E-state index contributed by atoms with van der Waals surface area (Å²) in [5, 5.41) is 0. The number of carbonyl (C=O) groups is 2. The molecule has 2 aliphatic heterocycles. The zero-order chi connectivity index (χ0) is 16.4. The number of aromatic nitrogens is 2. The second kappa shape index (κ2) is 6.78. The van der Waals surface area contributed by atoms with Crippen LogP contribution in [0.2, 0.25) is 0 Å². The highest BCUT2D eigenvalue weighted by Crippen LogP contribution is 2.25. The Labute approximate surface area is 140 Å². The summed E-state index contributed by atoms with van der Waals surface area (Å²) in [6.07, 6.45) is 8.24. The lowest BCUT2D eigenvalue weighted by Crippen LogP contribution is -2.41. The molecule has 0 saturated carbocycles. The summed E-state index contributed by atoms with van der Waals surface area (Å²) in [4.78, 5) is 32.7. The van der Waals surface area contributed by atoms with Crippen molar-refractivity contribution in [3.63, 3.8) is 0 Å². The van der Waals surface area contributed by atoms with E-state index in [4.69, 9.17) is 0 Å². The molecule has 2 aliphatic rings. The van der Waals surface area contributed by atoms with Gasteiger partial charge in [-0.1, -0.05) is 12.2 Å². The third kappa shape index (κ3) is 3.29. The molecule has 0 aliphatic carbocycles. The van der Waals surface area contributed by atoms with Crippen LogP contribution in [-0.4, -0.2) is 62.8 Å². The van der Waals surface area contributed by atoms with E-state index in [9.17, 15) is 9.59 Å². The van der Waals surface area contributed by atoms with Crippen LogP contribution in [0.5, 0.6) is 0 Å². The molecule has 124 valence electrons. The van der Waals surface area contributed by atoms with Crippen LogP contribution in [-0.2, 0) is 22.6 Å². The van der Waals surface area contributed by atoms with Crippen LogP contribution in [0.4, 0.5) is 0 Å². The van der Waals surface area contributed by atoms with Gasteiger partial charge in [-0.15, -0.1) is 0 Å². The van der Waals surface area contributed by atoms with Crippen molar-refractivity contribution in [2.75, 3.05) is 31.6 Å². The number of amides is 2. The molecular formula is C16H22N4O2S. The van der Waals surface area contributed by atoms with Gasteiger partial charge in [-0.2, -0.15) is 11.8 Å². The molecule has 23 heavy (non-hydrogen) atoms. The molecule has 0 saturated heterocycles. The minimum Gasteiger partial charge on any atom is -0.335 e. The van der Waals surface area contributed by atoms with Gasteiger partial charge in [0.2, 0.25) is 11.8 Å². The highest BCUT2D eigenvalue weighted by atomic mass is 32.2. The van der Waals surface area contributed by atoms with Crippen molar-refractivity contribution in [3.05, 3.63) is 29.9 Å². The maximum atomic E-state index is 12.2. The van der Waals surface area contributed by atoms with E-state index in [1.54, 1.807) is 0 Å². The van der Waals surface area contributed by atoms with Crippen molar-refractivity contribution in [3.8, 4) is 0 Å². The van der Waals surface area contributed by atoms with Crippen molar-refractivity contribution in [2.24, 2.45) is 0 Å². The largest absolute Gasteiger partial charge is 0.335 e. The smallest absolute Gasteiger partial charge is 0.233 e. The lowest BCUT2D eigenvalue weighted by atomic mass is 10.2. The van der Waals surface area contributed by atoms with Gasteiger partial charge in [0.15, 0.2) is 0 Å². The Bertz CT molecular complexity index is 632. The van der Waals surface area contributed by atoms with Gasteiger partial charge < -0.3 is 14.4 Å². The maximum Gasteiger partial charge on any atom is 0.233 e. The van der Waals surface area contributed by atoms with Crippen LogP contribution in [0.1, 0.15) is 24.5 Å². The minimum atomic E-state index is -0.0410. The summed E-state index contributed by atoms with van der Waals surface area (Å²) >= 11 is 1.54. The lowest BCUT2D eigenvalue weighted by molar-refractivity contribution is -0.131. The summed E-state index contributed by atoms with van der Waals surface area (Å²) in [6.45, 7) is 4.84. The molecule has 0 fully saturated rings. The summed E-state index contributed by atoms with van der Waals surface area (Å²) in [7, 11) is 0. The highest BCUT2D eigenvalue weighted by molar-refractivity contribution is 7.99. The number of rotatable bonds is 4. The predicted molar refractivity (Wildman–Crippen MR) is 90.2 cm³/mol. The normalized spacial score (nSPS) is 20.0. The fourth-order valence-electron chi connectivity index (χ4n) is 3.13. The molecular weight excluding hydrogens is 312 g/mol. The quantitative estimate of drug-likeness (QED) is 0.774. The molecule has 3 heterocycles. The molecule has 6 nitrogen and oxygen atoms in total. The van der Waals surface area contributed by atoms with Crippen LogP contribution in [0, 0.1) is 0 Å². The second-order valence-electron chi connectivity index (χ2n) is 5.93. The molecule has 1 aromatic heterocycles. The van der Waals surface area contributed by atoms with E-state index >= 15 is 0 Å². The number of hydrogen-bond acceptors (Lipinski definition) is 4. The van der Waals surface area contributed by atoms with Crippen molar-refractivity contribution in [1.82, 2.24) is 19.4 Å². The molecule has 3 rings (SSSR count). The Balaban J connectivity index is 1.70. The van der Waals surface area contributed by atoms with Crippen molar-refractivity contribution in [2.45, 2.75) is 25.9 Å². The molecule has 0 unspecified atom stereocenters. The predicted octanol–water partition coefficient (Wildman–Crippen LogP) is 1.09. The Morgan fingerprint density at radius 3 is 2.70 bits per heavy atom. The van der Waals surface area contributed by atoms with E-state index in [1.165, 1.54) is 11.8 Å². The van der Waals surface area contributed by atoms with Gasteiger partial charge >= 0.3 is 0 Å². The first-order valence-corrected chi connectivity index (χ1v) is 9.26. The molecule has 0 radical (unpaired) electrons. The van der Waals surface area contributed by atoms with E-state index < -0.39 is 0 Å². The van der Waals surface area contributed by atoms with Gasteiger partial charge in [0.25, 0.3) is 0 Å². The first-order chi connectivity index (χ1) is 11.1. The Kier molecular flexibility index (Phi) is 4.75. The second-order valence-corrected chi connectivity index (χ2v) is 6.79. The summed E-state index contributed by atoms with van der Waals surface area (Å²) in [5.74, 6) is 1.64. The fourth-order valence-corrected chi connectivity index (χ4v) is 3.54. The Morgan fingerprint density at radius 2 is 2.00 bits per heavy atom. The van der Waals surface area contributed by atoms with E-state index in [2.05, 4.69) is 9.55 Å². The first-order valence-electron chi connectivity index (χ1n) is 7.87. The Morgan fingerprint density at radius 1 is 1.26 bits per heavy atom. The number of nitrogens with zero attached hydrogens (tertiary/aromatic N) is 4. The zero-order valence-corrected chi connectivity index (χ0v) is 14.4. The third-order valence-corrected chi connectivity index (χ3v) is 4.91. The van der Waals surface area contributed by atoms with E-state index in [0.717, 1.165) is 18.1 Å². The maximum absolute atomic E-state index is 12.2. The number of hydrogen-bond donors (Lipinski definition) is 0. The average molecular weight is 334 g/mol. The van der Waals surface area contributed by atoms with E-state index in [-0.39, 0.29) is 17.9 Å². The molecule has 0 aromatic carbocycles. The number of fused-ring (bicyclic) bond motifs is 1. The van der Waals surface area contributed by atoms with Crippen molar-refractivity contribution in [1.29, 1.82) is 0 Å². The van der Waals surface area contributed by atoms with Gasteiger partial charge in [0.1, 0.15) is 5.82 Å². The molecule has 2 amide bonds. The first kappa shape index (κ1) is 16.1. The van der Waals surface area contributed by atoms with Crippen molar-refractivity contribution < 1.29 is 9.59 Å². The molecule has 0 bridgehead atoms. The molecule has 7 heteroatoms. The molecule has 0 spiro atoms. The zero-order valence-electron chi connectivity index (χ0n) is 13.6.